The molecular formula is C25H26ClN5O4. The number of hydrogen-bond acceptors (Lipinski definition) is 6. The lowest BCUT2D eigenvalue weighted by Crippen LogP contribution is -2.44. The minimum Gasteiger partial charge on any atom is -0.490 e. The average Bonchev–Trinajstić information content (AvgIpc) is 3.52. The number of carbonyl (C=O) groups excluding carboxylic acids is 2. The minimum atomic E-state index is -0.284. The SMILES string of the molecule is O=C(NCc1ccc(Cl)cc1)c1cc(O[C@H]2CCN3C(=O)OC[C@@H]3C2)c(CCn2cccn2)cn1. The third-order valence-electron chi connectivity index (χ3n) is 6.31. The van der Waals surface area contributed by atoms with E-state index in [-0.39, 0.29) is 29.8 Å². The Bertz CT molecular complexity index is 1190. The van der Waals surface area contributed by atoms with Gasteiger partial charge in [-0.15, -0.1) is 0 Å². The zero-order chi connectivity index (χ0) is 24.2. The molecule has 0 saturated carbocycles. The summed E-state index contributed by atoms with van der Waals surface area (Å²) in [6.45, 7) is 2.01. The quantitative estimate of drug-likeness (QED) is 0.514. The number of amides is 2. The van der Waals surface area contributed by atoms with Crippen molar-refractivity contribution in [1.29, 1.82) is 0 Å². The van der Waals surface area contributed by atoms with Gasteiger partial charge in [0.15, 0.2) is 0 Å². The van der Waals surface area contributed by atoms with Gasteiger partial charge in [-0.05, 0) is 30.2 Å². The van der Waals surface area contributed by atoms with E-state index in [9.17, 15) is 9.59 Å². The summed E-state index contributed by atoms with van der Waals surface area (Å²) in [5.74, 6) is 0.348. The molecule has 2 aliphatic heterocycles. The van der Waals surface area contributed by atoms with E-state index < -0.39 is 0 Å². The van der Waals surface area contributed by atoms with Crippen LogP contribution in [0.5, 0.6) is 5.75 Å². The maximum Gasteiger partial charge on any atom is 0.410 e. The molecule has 0 spiro atoms. The molecule has 2 saturated heterocycles. The largest absolute Gasteiger partial charge is 0.490 e. The zero-order valence-electron chi connectivity index (χ0n) is 19.1. The molecule has 2 fully saturated rings. The maximum absolute atomic E-state index is 12.8. The standard InChI is InChI=1S/C25H26ClN5O4/c26-19-4-2-17(3-5-19)14-28-24(32)22-13-23(18(15-27-22)6-10-30-9-1-8-29-30)35-21-7-11-31-20(12-21)16-34-25(31)33/h1-5,8-9,13,15,20-21H,6-7,10-12,14,16H2,(H,28,32)/t20-,21-/m0/s1. The number of fused-ring (bicyclic) bond motifs is 1. The molecule has 2 amide bonds. The van der Waals surface area contributed by atoms with Crippen LogP contribution in [-0.2, 0) is 24.2 Å². The second-order valence-electron chi connectivity index (χ2n) is 8.69. The van der Waals surface area contributed by atoms with E-state index in [4.69, 9.17) is 21.1 Å². The van der Waals surface area contributed by atoms with Gasteiger partial charge in [-0.3, -0.25) is 14.5 Å². The fourth-order valence-electron chi connectivity index (χ4n) is 4.38. The number of nitrogens with one attached hydrogen (secondary N) is 1. The fourth-order valence-corrected chi connectivity index (χ4v) is 4.51. The van der Waals surface area contributed by atoms with E-state index in [1.54, 1.807) is 35.5 Å². The van der Waals surface area contributed by atoms with Crippen molar-refractivity contribution in [2.45, 2.75) is 44.5 Å². The molecule has 3 aromatic rings. The number of pyridine rings is 1. The van der Waals surface area contributed by atoms with E-state index in [0.29, 0.717) is 56.3 Å². The number of piperidine rings is 1. The Morgan fingerprint density at radius 3 is 2.94 bits per heavy atom. The summed E-state index contributed by atoms with van der Waals surface area (Å²) in [5, 5.41) is 7.80. The lowest BCUT2D eigenvalue weighted by Gasteiger charge is -2.33. The molecule has 2 aromatic heterocycles. The Hall–Kier alpha value is -3.59. The Kier molecular flexibility index (Phi) is 6.85. The first-order valence-electron chi connectivity index (χ1n) is 11.6. The van der Waals surface area contributed by atoms with Gasteiger partial charge in [-0.25, -0.2) is 4.79 Å². The molecule has 0 aliphatic carbocycles. The highest BCUT2D eigenvalue weighted by molar-refractivity contribution is 6.30. The smallest absolute Gasteiger partial charge is 0.410 e. The van der Waals surface area contributed by atoms with Crippen LogP contribution >= 0.6 is 11.6 Å². The highest BCUT2D eigenvalue weighted by Crippen LogP contribution is 2.29. The molecule has 0 unspecified atom stereocenters. The molecule has 35 heavy (non-hydrogen) atoms. The first-order valence-corrected chi connectivity index (χ1v) is 12.0. The van der Waals surface area contributed by atoms with E-state index in [2.05, 4.69) is 15.4 Å². The highest BCUT2D eigenvalue weighted by atomic mass is 35.5. The number of nitrogens with zero attached hydrogens (tertiary/aromatic N) is 4. The second-order valence-corrected chi connectivity index (χ2v) is 9.13. The number of halogens is 1. The normalized spacial score (nSPS) is 19.2. The molecular weight excluding hydrogens is 470 g/mol. The third kappa shape index (κ3) is 5.57. The van der Waals surface area contributed by atoms with Gasteiger partial charge in [0.1, 0.15) is 24.2 Å². The Balaban J connectivity index is 1.30. The number of cyclic esters (lactones) is 1. The molecule has 2 aliphatic rings. The molecule has 0 bridgehead atoms. The van der Waals surface area contributed by atoms with Gasteiger partial charge >= 0.3 is 6.09 Å². The maximum atomic E-state index is 12.8. The van der Waals surface area contributed by atoms with Crippen molar-refractivity contribution in [1.82, 2.24) is 25.0 Å². The summed E-state index contributed by atoms with van der Waals surface area (Å²) in [5.41, 5.74) is 2.12. The Morgan fingerprint density at radius 1 is 1.29 bits per heavy atom. The lowest BCUT2D eigenvalue weighted by atomic mass is 10.0. The van der Waals surface area contributed by atoms with Crippen molar-refractivity contribution in [2.24, 2.45) is 0 Å². The van der Waals surface area contributed by atoms with Crippen LogP contribution < -0.4 is 10.1 Å². The Morgan fingerprint density at radius 2 is 2.14 bits per heavy atom. The molecule has 1 N–H and O–H groups in total. The number of ether oxygens (including phenoxy) is 2. The minimum absolute atomic E-state index is 0.0257. The zero-order valence-corrected chi connectivity index (χ0v) is 19.9. The number of rotatable bonds is 8. The first kappa shape index (κ1) is 23.2. The van der Waals surface area contributed by atoms with Crippen molar-refractivity contribution >= 4 is 23.6 Å². The average molecular weight is 496 g/mol. The second kappa shape index (κ2) is 10.4. The van der Waals surface area contributed by atoms with E-state index in [1.165, 1.54) is 0 Å². The molecule has 182 valence electrons. The molecule has 1 aromatic carbocycles. The summed E-state index contributed by atoms with van der Waals surface area (Å²) in [6.07, 6.45) is 7.05. The number of carbonyl (C=O) groups is 2. The monoisotopic (exact) mass is 495 g/mol. The Labute approximate surface area is 208 Å². The van der Waals surface area contributed by atoms with Gasteiger partial charge in [-0.1, -0.05) is 23.7 Å². The predicted octanol–water partition coefficient (Wildman–Crippen LogP) is 3.47. The van der Waals surface area contributed by atoms with Gasteiger partial charge in [0, 0.05) is 67.7 Å². The number of hydrogen-bond donors (Lipinski definition) is 1. The summed E-state index contributed by atoms with van der Waals surface area (Å²) in [6, 6.07) is 10.9. The molecule has 4 heterocycles. The highest BCUT2D eigenvalue weighted by Gasteiger charge is 2.39. The first-order chi connectivity index (χ1) is 17.0. The fraction of sp³-hybridized carbons (Fsp3) is 0.360. The lowest BCUT2D eigenvalue weighted by molar-refractivity contribution is 0.0906. The molecule has 0 radical (unpaired) electrons. The molecule has 2 atom stereocenters. The number of benzene rings is 1. The van der Waals surface area contributed by atoms with Crippen molar-refractivity contribution < 1.29 is 19.1 Å². The molecule has 9 nitrogen and oxygen atoms in total. The van der Waals surface area contributed by atoms with E-state index >= 15 is 0 Å². The van der Waals surface area contributed by atoms with Crippen LogP contribution in [0.2, 0.25) is 5.02 Å². The van der Waals surface area contributed by atoms with E-state index in [1.807, 2.05) is 29.1 Å². The third-order valence-corrected chi connectivity index (χ3v) is 6.56. The van der Waals surface area contributed by atoms with Gasteiger partial charge < -0.3 is 19.7 Å². The topological polar surface area (TPSA) is 98.6 Å². The van der Waals surface area contributed by atoms with Crippen molar-refractivity contribution in [3.8, 4) is 5.75 Å². The molecule has 10 heteroatoms. The van der Waals surface area contributed by atoms with Crippen LogP contribution in [0.15, 0.2) is 55.0 Å². The van der Waals surface area contributed by atoms with Crippen LogP contribution in [0.4, 0.5) is 4.79 Å². The van der Waals surface area contributed by atoms with Crippen LogP contribution in [0.1, 0.15) is 34.5 Å². The van der Waals surface area contributed by atoms with Crippen molar-refractivity contribution in [2.75, 3.05) is 13.2 Å². The summed E-state index contributed by atoms with van der Waals surface area (Å²) < 4.78 is 13.4. The summed E-state index contributed by atoms with van der Waals surface area (Å²) >= 11 is 5.93. The van der Waals surface area contributed by atoms with Crippen molar-refractivity contribution in [3.63, 3.8) is 0 Å². The van der Waals surface area contributed by atoms with Crippen LogP contribution in [0, 0.1) is 0 Å². The summed E-state index contributed by atoms with van der Waals surface area (Å²) in [4.78, 5) is 30.8. The molecule has 5 rings (SSSR count). The van der Waals surface area contributed by atoms with Crippen LogP contribution in [0.25, 0.3) is 0 Å². The van der Waals surface area contributed by atoms with Crippen molar-refractivity contribution in [3.05, 3.63) is 76.8 Å². The van der Waals surface area contributed by atoms with Gasteiger partial charge in [0.2, 0.25) is 0 Å². The number of aryl methyl sites for hydroxylation is 2. The van der Waals surface area contributed by atoms with Gasteiger partial charge in [-0.2, -0.15) is 5.10 Å². The van der Waals surface area contributed by atoms with Gasteiger partial charge in [0.05, 0.1) is 6.04 Å². The number of aromatic nitrogens is 3. The van der Waals surface area contributed by atoms with Gasteiger partial charge in [0.25, 0.3) is 5.91 Å². The van der Waals surface area contributed by atoms with E-state index in [0.717, 1.165) is 11.1 Å². The predicted molar refractivity (Wildman–Crippen MR) is 128 cm³/mol. The van der Waals surface area contributed by atoms with Crippen LogP contribution in [0.3, 0.4) is 0 Å². The summed E-state index contributed by atoms with van der Waals surface area (Å²) in [7, 11) is 0. The van der Waals surface area contributed by atoms with Crippen LogP contribution in [-0.4, -0.2) is 57.0 Å².